The standard InChI is InChI=1S/C20H20ClN5O.ClH/c21-14-6-4-13(5-7-14)11-18(17-3-1-2-9-23-17)24-20(27)19-15-12-22-10-8-16(15)25-26-19;/h1-7,9,18,22H,8,10-12H2,(H,24,27)(H,25,26);1H. The van der Waals surface area contributed by atoms with Crippen LogP contribution in [0.3, 0.4) is 0 Å². The number of nitrogens with one attached hydrogen (secondary N) is 3. The van der Waals surface area contributed by atoms with E-state index in [9.17, 15) is 4.79 Å². The van der Waals surface area contributed by atoms with Crippen molar-refractivity contribution in [2.75, 3.05) is 6.54 Å². The normalized spacial score (nSPS) is 13.9. The van der Waals surface area contributed by atoms with Crippen LogP contribution in [0, 0.1) is 0 Å². The third-order valence-corrected chi connectivity index (χ3v) is 4.98. The van der Waals surface area contributed by atoms with Gasteiger partial charge in [-0.2, -0.15) is 5.10 Å². The third-order valence-electron chi connectivity index (χ3n) is 4.72. The van der Waals surface area contributed by atoms with Gasteiger partial charge in [0.1, 0.15) is 0 Å². The van der Waals surface area contributed by atoms with E-state index in [1.807, 2.05) is 42.5 Å². The van der Waals surface area contributed by atoms with Crippen molar-refractivity contribution < 1.29 is 4.79 Å². The van der Waals surface area contributed by atoms with Crippen LogP contribution in [0.4, 0.5) is 0 Å². The first-order chi connectivity index (χ1) is 13.2. The number of rotatable bonds is 5. The van der Waals surface area contributed by atoms with Gasteiger partial charge in [0, 0.05) is 42.0 Å². The van der Waals surface area contributed by atoms with E-state index >= 15 is 0 Å². The van der Waals surface area contributed by atoms with Gasteiger partial charge in [0.15, 0.2) is 5.69 Å². The number of hydrogen-bond acceptors (Lipinski definition) is 4. The van der Waals surface area contributed by atoms with Gasteiger partial charge < -0.3 is 10.6 Å². The van der Waals surface area contributed by atoms with Gasteiger partial charge in [0.05, 0.1) is 11.7 Å². The number of nitrogens with zero attached hydrogens (tertiary/aromatic N) is 2. The molecule has 3 N–H and O–H groups in total. The number of benzene rings is 1. The number of H-pyrrole nitrogens is 1. The number of carbonyl (C=O) groups excluding carboxylic acids is 1. The zero-order valence-electron chi connectivity index (χ0n) is 15.1. The van der Waals surface area contributed by atoms with Crippen molar-refractivity contribution in [1.29, 1.82) is 0 Å². The first-order valence-electron chi connectivity index (χ1n) is 8.94. The molecule has 1 aliphatic heterocycles. The molecule has 1 aliphatic rings. The van der Waals surface area contributed by atoms with Gasteiger partial charge in [-0.1, -0.05) is 29.8 Å². The monoisotopic (exact) mass is 417 g/mol. The molecule has 0 radical (unpaired) electrons. The summed E-state index contributed by atoms with van der Waals surface area (Å²) in [6, 6.07) is 13.1. The average Bonchev–Trinajstić information content (AvgIpc) is 3.14. The highest BCUT2D eigenvalue weighted by atomic mass is 35.5. The second-order valence-corrected chi connectivity index (χ2v) is 7.00. The number of carbonyl (C=O) groups is 1. The fourth-order valence-electron chi connectivity index (χ4n) is 3.31. The maximum Gasteiger partial charge on any atom is 0.272 e. The maximum absolute atomic E-state index is 12.9. The average molecular weight is 418 g/mol. The Hall–Kier alpha value is -2.41. The van der Waals surface area contributed by atoms with Crippen LogP contribution in [-0.2, 0) is 19.4 Å². The predicted molar refractivity (Wildman–Crippen MR) is 111 cm³/mol. The first-order valence-corrected chi connectivity index (χ1v) is 9.31. The maximum atomic E-state index is 12.9. The molecule has 0 bridgehead atoms. The molecule has 6 nitrogen and oxygen atoms in total. The van der Waals surface area contributed by atoms with Gasteiger partial charge in [-0.15, -0.1) is 12.4 Å². The van der Waals surface area contributed by atoms with Crippen LogP contribution in [0.1, 0.15) is 39.0 Å². The summed E-state index contributed by atoms with van der Waals surface area (Å²) in [5.41, 5.74) is 4.31. The Bertz CT molecular complexity index is 928. The molecule has 0 saturated heterocycles. The summed E-state index contributed by atoms with van der Waals surface area (Å²) >= 11 is 5.98. The van der Waals surface area contributed by atoms with Gasteiger partial charge in [0.25, 0.3) is 5.91 Å². The molecular formula is C20H21Cl2N5O. The van der Waals surface area contributed by atoms with E-state index in [2.05, 4.69) is 25.8 Å². The summed E-state index contributed by atoms with van der Waals surface area (Å²) in [6.07, 6.45) is 3.20. The molecular weight excluding hydrogens is 397 g/mol. The van der Waals surface area contributed by atoms with Crippen molar-refractivity contribution in [1.82, 2.24) is 25.8 Å². The Balaban J connectivity index is 0.00000225. The highest BCUT2D eigenvalue weighted by Gasteiger charge is 2.24. The highest BCUT2D eigenvalue weighted by Crippen LogP contribution is 2.21. The zero-order valence-corrected chi connectivity index (χ0v) is 16.7. The molecule has 1 atom stereocenters. The minimum atomic E-state index is -0.260. The van der Waals surface area contributed by atoms with Crippen LogP contribution in [-0.4, -0.2) is 27.6 Å². The lowest BCUT2D eigenvalue weighted by Gasteiger charge is -2.19. The molecule has 1 unspecified atom stereocenters. The van der Waals surface area contributed by atoms with Gasteiger partial charge >= 0.3 is 0 Å². The molecule has 0 fully saturated rings. The fourth-order valence-corrected chi connectivity index (χ4v) is 3.43. The highest BCUT2D eigenvalue weighted by molar-refractivity contribution is 6.30. The Morgan fingerprint density at radius 3 is 2.79 bits per heavy atom. The lowest BCUT2D eigenvalue weighted by Crippen LogP contribution is -2.32. The summed E-state index contributed by atoms with van der Waals surface area (Å²) in [5, 5.41) is 14.3. The van der Waals surface area contributed by atoms with Crippen LogP contribution in [0.25, 0.3) is 0 Å². The number of hydrogen-bond donors (Lipinski definition) is 3. The third kappa shape index (κ3) is 4.52. The summed E-state index contributed by atoms with van der Waals surface area (Å²) in [6.45, 7) is 1.55. The van der Waals surface area contributed by atoms with Crippen molar-refractivity contribution in [3.8, 4) is 0 Å². The SMILES string of the molecule is Cl.O=C(NC(Cc1ccc(Cl)cc1)c1ccccn1)c1n[nH]c2c1CNCC2. The van der Waals surface area contributed by atoms with E-state index in [1.165, 1.54) is 0 Å². The molecule has 3 aromatic rings. The van der Waals surface area contributed by atoms with Crippen molar-refractivity contribution in [3.63, 3.8) is 0 Å². The van der Waals surface area contributed by atoms with E-state index in [4.69, 9.17) is 11.6 Å². The fraction of sp³-hybridized carbons (Fsp3) is 0.250. The summed E-state index contributed by atoms with van der Waals surface area (Å²) in [5.74, 6) is -0.194. The molecule has 146 valence electrons. The number of fused-ring (bicyclic) bond motifs is 1. The molecule has 28 heavy (non-hydrogen) atoms. The summed E-state index contributed by atoms with van der Waals surface area (Å²) in [4.78, 5) is 17.4. The number of pyridine rings is 1. The molecule has 8 heteroatoms. The number of aromatic amines is 1. The van der Waals surface area contributed by atoms with Crippen LogP contribution in [0.15, 0.2) is 48.7 Å². The van der Waals surface area contributed by atoms with Crippen LogP contribution < -0.4 is 10.6 Å². The van der Waals surface area contributed by atoms with Crippen LogP contribution >= 0.6 is 24.0 Å². The number of amides is 1. The topological polar surface area (TPSA) is 82.7 Å². The van der Waals surface area contributed by atoms with Crippen molar-refractivity contribution in [3.05, 3.63) is 81.9 Å². The van der Waals surface area contributed by atoms with Crippen molar-refractivity contribution in [2.24, 2.45) is 0 Å². The number of aromatic nitrogens is 3. The summed E-state index contributed by atoms with van der Waals surface area (Å²) < 4.78 is 0. The largest absolute Gasteiger partial charge is 0.342 e. The van der Waals surface area contributed by atoms with Crippen molar-refractivity contribution in [2.45, 2.75) is 25.4 Å². The Kier molecular flexibility index (Phi) is 6.67. The van der Waals surface area contributed by atoms with Crippen molar-refractivity contribution >= 4 is 29.9 Å². The van der Waals surface area contributed by atoms with E-state index < -0.39 is 0 Å². The lowest BCUT2D eigenvalue weighted by atomic mass is 10.0. The predicted octanol–water partition coefficient (Wildman–Crippen LogP) is 3.24. The van der Waals surface area contributed by atoms with E-state index in [0.29, 0.717) is 23.7 Å². The minimum absolute atomic E-state index is 0. The quantitative estimate of drug-likeness (QED) is 0.594. The molecule has 4 rings (SSSR count). The molecule has 1 aromatic carbocycles. The van der Waals surface area contributed by atoms with E-state index in [0.717, 1.165) is 35.5 Å². The van der Waals surface area contributed by atoms with Crippen LogP contribution in [0.5, 0.6) is 0 Å². The molecule has 3 heterocycles. The van der Waals surface area contributed by atoms with Gasteiger partial charge in [-0.25, -0.2) is 0 Å². The molecule has 1 amide bonds. The Labute approximate surface area is 174 Å². The van der Waals surface area contributed by atoms with Gasteiger partial charge in [0.2, 0.25) is 0 Å². The second-order valence-electron chi connectivity index (χ2n) is 6.57. The van der Waals surface area contributed by atoms with E-state index in [1.54, 1.807) is 6.20 Å². The van der Waals surface area contributed by atoms with Gasteiger partial charge in [-0.05, 0) is 36.2 Å². The Morgan fingerprint density at radius 2 is 2.04 bits per heavy atom. The minimum Gasteiger partial charge on any atom is -0.342 e. The molecule has 2 aromatic heterocycles. The van der Waals surface area contributed by atoms with Crippen LogP contribution in [0.2, 0.25) is 5.02 Å². The number of halogens is 2. The first kappa shape index (κ1) is 20.3. The second kappa shape index (κ2) is 9.19. The summed E-state index contributed by atoms with van der Waals surface area (Å²) in [7, 11) is 0. The van der Waals surface area contributed by atoms with E-state index in [-0.39, 0.29) is 24.4 Å². The molecule has 0 spiro atoms. The molecule has 0 aliphatic carbocycles. The lowest BCUT2D eigenvalue weighted by molar-refractivity contribution is 0.0929. The zero-order chi connectivity index (χ0) is 18.6. The molecule has 0 saturated carbocycles. The Morgan fingerprint density at radius 1 is 1.21 bits per heavy atom. The van der Waals surface area contributed by atoms with Gasteiger partial charge in [-0.3, -0.25) is 14.9 Å². The smallest absolute Gasteiger partial charge is 0.272 e.